The highest BCUT2D eigenvalue weighted by atomic mass is 16.3. The smallest absolute Gasteiger partial charge is 0.246 e. The maximum atomic E-state index is 14.1. The number of nitrogens with zero attached hydrogens (tertiary/aromatic N) is 1. The quantitative estimate of drug-likeness (QED) is 0.0398. The number of aliphatic hydroxyl groups excluding tert-OH is 1. The van der Waals surface area contributed by atoms with Crippen LogP contribution < -0.4 is 53.2 Å². The normalized spacial score (nSPS) is 14.7. The largest absolute Gasteiger partial charge is 0.391 e. The summed E-state index contributed by atoms with van der Waals surface area (Å²) in [6, 6.07) is -6.15. The molecule has 0 unspecified atom stereocenters. The summed E-state index contributed by atoms with van der Waals surface area (Å²) < 4.78 is 0. The van der Waals surface area contributed by atoms with E-state index >= 15 is 0 Å². The van der Waals surface area contributed by atoms with Gasteiger partial charge in [-0.2, -0.15) is 0 Å². The van der Waals surface area contributed by atoms with E-state index in [1.807, 2.05) is 60.5 Å². The predicted octanol–water partition coefficient (Wildman–Crippen LogP) is 2.49. The highest BCUT2D eigenvalue weighted by molar-refractivity contribution is 6.00. The van der Waals surface area contributed by atoms with Crippen molar-refractivity contribution < 1.29 is 53.1 Å². The summed E-state index contributed by atoms with van der Waals surface area (Å²) in [5, 5.41) is 37.7. The van der Waals surface area contributed by atoms with Gasteiger partial charge in [-0.25, -0.2) is 0 Å². The maximum absolute atomic E-state index is 14.1. The topological polar surface area (TPSA) is 314 Å². The van der Waals surface area contributed by atoms with Gasteiger partial charge in [0.25, 0.3) is 0 Å². The van der Waals surface area contributed by atoms with Crippen LogP contribution in [0, 0.1) is 11.8 Å². The molecule has 0 aromatic rings. The lowest BCUT2D eigenvalue weighted by Gasteiger charge is -2.34. The number of rotatable bonds is 38. The van der Waals surface area contributed by atoms with Crippen LogP contribution in [0.2, 0.25) is 0 Å². The van der Waals surface area contributed by atoms with Crippen molar-refractivity contribution in [1.82, 2.24) is 58.1 Å². The standard InChI is InChI=1S/C55H103N11O11/c1-18-20-22-23-24-26-27-39(59-45(70)37(8)58-42(68)28-25-21-19-2)46(71)62-44(38(9)67)49(74)64-54(12,13)51(76)61-40(31-34(3)4)47(72)60-41(32-35(5)6)48(73)63-55(14,15)52(77)65-53(10,11)50(75)56-30-29-43(69)57-36(7)33-66(16)17/h34-41,44,67H,18-33H2,1-17H3,(H,56,75)(H,57,69)(H,58,68)(H,59,70)(H,60,72)(H,61,76)(H,62,71)(H,63,73)(H,64,74)(H,65,77)/t36-,37-,38+,39-,40-,41-,44-/m0/s1. The van der Waals surface area contributed by atoms with Gasteiger partial charge in [0.1, 0.15) is 46.8 Å². The van der Waals surface area contributed by atoms with E-state index in [9.17, 15) is 53.1 Å². The summed E-state index contributed by atoms with van der Waals surface area (Å²) in [6.45, 7) is 25.4. The fourth-order valence-corrected chi connectivity index (χ4v) is 8.13. The number of carbonyl (C=O) groups is 10. The number of carbonyl (C=O) groups excluding carboxylic acids is 10. The molecule has 0 saturated heterocycles. The molecule has 22 nitrogen and oxygen atoms in total. The number of hydrogen-bond donors (Lipinski definition) is 11. The van der Waals surface area contributed by atoms with Crippen molar-refractivity contribution >= 4 is 59.1 Å². The first kappa shape index (κ1) is 71.6. The number of nitrogens with one attached hydrogen (secondary N) is 10. The SMILES string of the molecule is CCCCCCCC[C@H](NC(=O)[C@H](C)NC(=O)CCCCC)C(=O)N[C@H](C(=O)NC(C)(C)C(=O)N[C@@H](CC(C)C)C(=O)N[C@@H](CC(C)C)C(=O)NC(C)(C)C(=O)NC(C)(C)C(=O)NCCC(=O)N[C@@H](C)CN(C)C)[C@@H](C)O. The molecule has 0 saturated carbocycles. The Hall–Kier alpha value is -5.38. The summed E-state index contributed by atoms with van der Waals surface area (Å²) in [6.07, 6.45) is 7.16. The van der Waals surface area contributed by atoms with Crippen LogP contribution in [0.3, 0.4) is 0 Å². The summed E-state index contributed by atoms with van der Waals surface area (Å²) in [7, 11) is 3.78. The molecule has 0 bridgehead atoms. The third kappa shape index (κ3) is 29.3. The molecule has 11 N–H and O–H groups in total. The molecule has 444 valence electrons. The molecule has 77 heavy (non-hydrogen) atoms. The van der Waals surface area contributed by atoms with E-state index in [2.05, 4.69) is 60.1 Å². The highest BCUT2D eigenvalue weighted by Crippen LogP contribution is 2.16. The summed E-state index contributed by atoms with van der Waals surface area (Å²) >= 11 is 0. The van der Waals surface area contributed by atoms with E-state index in [0.717, 1.165) is 44.9 Å². The van der Waals surface area contributed by atoms with E-state index in [4.69, 9.17) is 0 Å². The fourth-order valence-electron chi connectivity index (χ4n) is 8.13. The molecule has 0 aliphatic heterocycles. The Labute approximate surface area is 460 Å². The first-order chi connectivity index (χ1) is 35.6. The van der Waals surface area contributed by atoms with Crippen molar-refractivity contribution in [2.75, 3.05) is 27.2 Å². The lowest BCUT2D eigenvalue weighted by Crippen LogP contribution is -2.65. The number of hydrogen-bond acceptors (Lipinski definition) is 12. The average Bonchev–Trinajstić information content (AvgIpc) is 3.29. The Morgan fingerprint density at radius 3 is 1.48 bits per heavy atom. The summed E-state index contributed by atoms with van der Waals surface area (Å²) in [5.41, 5.74) is -4.79. The van der Waals surface area contributed by atoms with Gasteiger partial charge < -0.3 is 63.2 Å². The minimum Gasteiger partial charge on any atom is -0.391 e. The minimum absolute atomic E-state index is 0.0217. The summed E-state index contributed by atoms with van der Waals surface area (Å²) in [4.78, 5) is 137. The van der Waals surface area contributed by atoms with Crippen LogP contribution in [0.15, 0.2) is 0 Å². The van der Waals surface area contributed by atoms with Gasteiger partial charge in [-0.05, 0) is 114 Å². The number of unbranched alkanes of at least 4 members (excludes halogenated alkanes) is 7. The van der Waals surface area contributed by atoms with Crippen molar-refractivity contribution in [3.05, 3.63) is 0 Å². The zero-order chi connectivity index (χ0) is 59.4. The number of likely N-dealkylation sites (N-methyl/N-ethyl adjacent to an activating group) is 1. The van der Waals surface area contributed by atoms with Gasteiger partial charge in [0, 0.05) is 32.0 Å². The summed E-state index contributed by atoms with van der Waals surface area (Å²) in [5.74, 6) is -6.55. The third-order valence-electron chi connectivity index (χ3n) is 12.7. The number of aliphatic hydroxyl groups is 1. The van der Waals surface area contributed by atoms with Crippen LogP contribution in [-0.4, -0.2) is 155 Å². The van der Waals surface area contributed by atoms with Gasteiger partial charge in [-0.15, -0.1) is 0 Å². The Bertz CT molecular complexity index is 1920. The van der Waals surface area contributed by atoms with E-state index in [1.54, 1.807) is 0 Å². The van der Waals surface area contributed by atoms with Gasteiger partial charge >= 0.3 is 0 Å². The molecule has 0 aromatic heterocycles. The average molecular weight is 1090 g/mol. The van der Waals surface area contributed by atoms with Crippen molar-refractivity contribution in [3.63, 3.8) is 0 Å². The molecule has 10 amide bonds. The molecular formula is C55H103N11O11. The van der Waals surface area contributed by atoms with Crippen molar-refractivity contribution in [1.29, 1.82) is 0 Å². The zero-order valence-electron chi connectivity index (χ0n) is 50.0. The monoisotopic (exact) mass is 1090 g/mol. The zero-order valence-corrected chi connectivity index (χ0v) is 50.0. The van der Waals surface area contributed by atoms with Gasteiger partial charge in [0.2, 0.25) is 59.1 Å². The molecule has 0 aromatic carbocycles. The molecule has 0 rings (SSSR count). The second-order valence-corrected chi connectivity index (χ2v) is 23.5. The van der Waals surface area contributed by atoms with Gasteiger partial charge in [0.15, 0.2) is 0 Å². The van der Waals surface area contributed by atoms with Gasteiger partial charge in [0.05, 0.1) is 6.10 Å². The van der Waals surface area contributed by atoms with Crippen LogP contribution in [0.4, 0.5) is 0 Å². The third-order valence-corrected chi connectivity index (χ3v) is 12.7. The second kappa shape index (κ2) is 35.2. The van der Waals surface area contributed by atoms with E-state index in [1.165, 1.54) is 55.4 Å². The Morgan fingerprint density at radius 2 is 0.935 bits per heavy atom. The lowest BCUT2D eigenvalue weighted by molar-refractivity contribution is -0.139. The van der Waals surface area contributed by atoms with Crippen LogP contribution in [-0.2, 0) is 47.9 Å². The van der Waals surface area contributed by atoms with Crippen LogP contribution in [0.25, 0.3) is 0 Å². The van der Waals surface area contributed by atoms with Crippen molar-refractivity contribution in [2.45, 2.75) is 253 Å². The minimum atomic E-state index is -1.74. The van der Waals surface area contributed by atoms with Crippen LogP contribution >= 0.6 is 0 Å². The van der Waals surface area contributed by atoms with E-state index in [0.29, 0.717) is 19.4 Å². The predicted molar refractivity (Wildman–Crippen MR) is 299 cm³/mol. The van der Waals surface area contributed by atoms with Gasteiger partial charge in [-0.1, -0.05) is 92.9 Å². The van der Waals surface area contributed by atoms with Crippen LogP contribution in [0.5, 0.6) is 0 Å². The van der Waals surface area contributed by atoms with Crippen molar-refractivity contribution in [3.8, 4) is 0 Å². The van der Waals surface area contributed by atoms with Crippen molar-refractivity contribution in [2.24, 2.45) is 11.8 Å². The second-order valence-electron chi connectivity index (χ2n) is 23.5. The highest BCUT2D eigenvalue weighted by Gasteiger charge is 2.41. The molecule has 7 atom stereocenters. The Kier molecular flexibility index (Phi) is 32.7. The van der Waals surface area contributed by atoms with E-state index < -0.39 is 100 Å². The molecule has 0 fully saturated rings. The first-order valence-electron chi connectivity index (χ1n) is 28.0. The van der Waals surface area contributed by atoms with Gasteiger partial charge in [-0.3, -0.25) is 47.9 Å². The molecule has 22 heteroatoms. The lowest BCUT2D eigenvalue weighted by atomic mass is 9.96. The maximum Gasteiger partial charge on any atom is 0.246 e. The van der Waals surface area contributed by atoms with E-state index in [-0.39, 0.29) is 68.3 Å². The molecule has 0 spiro atoms. The van der Waals surface area contributed by atoms with Crippen LogP contribution in [0.1, 0.15) is 194 Å². The number of amides is 10. The molecule has 0 aliphatic carbocycles. The fraction of sp³-hybridized carbons (Fsp3) is 0.818. The Balaban J connectivity index is 6.15. The first-order valence-corrected chi connectivity index (χ1v) is 28.0. The molecular weight excluding hydrogens is 991 g/mol. The molecule has 0 aliphatic rings. The molecule has 0 radical (unpaired) electrons. The Morgan fingerprint density at radius 1 is 0.468 bits per heavy atom. The molecule has 0 heterocycles.